The SMILES string of the molecule is CCOC(=O)CS(=O)(=O)NCC1(C(=O)O)CCOCC1. The molecule has 0 amide bonds. The van der Waals surface area contributed by atoms with Crippen molar-refractivity contribution in [3.05, 3.63) is 0 Å². The Balaban J connectivity index is 2.63. The van der Waals surface area contributed by atoms with Gasteiger partial charge in [-0.25, -0.2) is 13.1 Å². The second-order valence-corrected chi connectivity index (χ2v) is 6.39. The Morgan fingerprint density at radius 3 is 2.45 bits per heavy atom. The number of carbonyl (C=O) groups is 2. The molecule has 8 nitrogen and oxygen atoms in total. The number of esters is 1. The Bertz CT molecular complexity index is 453. The van der Waals surface area contributed by atoms with E-state index in [9.17, 15) is 23.1 Å². The van der Waals surface area contributed by atoms with E-state index in [1.165, 1.54) is 0 Å². The first-order valence-electron chi connectivity index (χ1n) is 6.25. The van der Waals surface area contributed by atoms with Gasteiger partial charge in [0.05, 0.1) is 12.0 Å². The summed E-state index contributed by atoms with van der Waals surface area (Å²) in [5.41, 5.74) is -1.18. The van der Waals surface area contributed by atoms with Crippen LogP contribution < -0.4 is 4.72 Å². The van der Waals surface area contributed by atoms with Crippen LogP contribution in [0.4, 0.5) is 0 Å². The lowest BCUT2D eigenvalue weighted by Gasteiger charge is -2.32. The first-order valence-corrected chi connectivity index (χ1v) is 7.91. The molecule has 0 saturated carbocycles. The van der Waals surface area contributed by atoms with Crippen molar-refractivity contribution in [2.45, 2.75) is 19.8 Å². The molecule has 0 atom stereocenters. The van der Waals surface area contributed by atoms with Crippen molar-refractivity contribution in [1.29, 1.82) is 0 Å². The van der Waals surface area contributed by atoms with Crippen molar-refractivity contribution in [1.82, 2.24) is 4.72 Å². The minimum atomic E-state index is -3.90. The normalized spacial score (nSPS) is 18.4. The van der Waals surface area contributed by atoms with Crippen LogP contribution in [0.2, 0.25) is 0 Å². The minimum absolute atomic E-state index is 0.0881. The van der Waals surface area contributed by atoms with Crippen molar-refractivity contribution in [2.24, 2.45) is 5.41 Å². The van der Waals surface area contributed by atoms with Gasteiger partial charge in [-0.05, 0) is 19.8 Å². The predicted octanol–water partition coefficient (Wildman–Crippen LogP) is -0.650. The van der Waals surface area contributed by atoms with E-state index in [-0.39, 0.29) is 39.2 Å². The van der Waals surface area contributed by atoms with Crippen LogP contribution in [0.3, 0.4) is 0 Å². The smallest absolute Gasteiger partial charge is 0.322 e. The molecule has 1 rings (SSSR count). The maximum Gasteiger partial charge on any atom is 0.322 e. The van der Waals surface area contributed by atoms with E-state index in [1.54, 1.807) is 6.92 Å². The maximum absolute atomic E-state index is 11.7. The fraction of sp³-hybridized carbons (Fsp3) is 0.818. The Labute approximate surface area is 117 Å². The van der Waals surface area contributed by atoms with Crippen molar-refractivity contribution < 1.29 is 32.6 Å². The highest BCUT2D eigenvalue weighted by Crippen LogP contribution is 2.30. The average Bonchev–Trinajstić information content (AvgIpc) is 2.37. The van der Waals surface area contributed by atoms with Gasteiger partial charge in [0.2, 0.25) is 10.0 Å². The van der Waals surface area contributed by atoms with Crippen LogP contribution in [0.1, 0.15) is 19.8 Å². The van der Waals surface area contributed by atoms with Gasteiger partial charge in [0.15, 0.2) is 5.75 Å². The van der Waals surface area contributed by atoms with Gasteiger partial charge < -0.3 is 14.6 Å². The molecule has 20 heavy (non-hydrogen) atoms. The van der Waals surface area contributed by atoms with E-state index in [1.807, 2.05) is 0 Å². The van der Waals surface area contributed by atoms with E-state index in [0.29, 0.717) is 0 Å². The molecule has 2 N–H and O–H groups in total. The molecule has 1 fully saturated rings. The first-order chi connectivity index (χ1) is 9.31. The largest absolute Gasteiger partial charge is 0.481 e. The molecule has 116 valence electrons. The molecule has 0 aliphatic carbocycles. The van der Waals surface area contributed by atoms with Gasteiger partial charge in [-0.2, -0.15) is 0 Å². The molecule has 0 bridgehead atoms. The number of carboxylic acid groups (broad SMARTS) is 1. The van der Waals surface area contributed by atoms with Gasteiger partial charge in [-0.1, -0.05) is 0 Å². The zero-order chi connectivity index (χ0) is 15.2. The highest BCUT2D eigenvalue weighted by molar-refractivity contribution is 7.90. The third-order valence-electron chi connectivity index (χ3n) is 3.15. The number of hydrogen-bond acceptors (Lipinski definition) is 6. The molecule has 1 heterocycles. The standard InChI is InChI=1S/C11H19NO7S/c1-2-19-9(13)7-20(16,17)12-8-11(10(14)15)3-5-18-6-4-11/h12H,2-8H2,1H3,(H,14,15). The quantitative estimate of drug-likeness (QED) is 0.600. The molecule has 1 saturated heterocycles. The van der Waals surface area contributed by atoms with Crippen LogP contribution in [-0.2, 0) is 29.1 Å². The Hall–Kier alpha value is -1.19. The number of aliphatic carboxylic acids is 1. The van der Waals surface area contributed by atoms with E-state index in [2.05, 4.69) is 9.46 Å². The highest BCUT2D eigenvalue weighted by Gasteiger charge is 2.41. The average molecular weight is 309 g/mol. The second kappa shape index (κ2) is 7.00. The number of carboxylic acids is 1. The maximum atomic E-state index is 11.7. The Morgan fingerprint density at radius 1 is 1.35 bits per heavy atom. The molecule has 0 radical (unpaired) electrons. The highest BCUT2D eigenvalue weighted by atomic mass is 32.2. The molecule has 1 aliphatic heterocycles. The predicted molar refractivity (Wildman–Crippen MR) is 68.5 cm³/mol. The molecular weight excluding hydrogens is 290 g/mol. The lowest BCUT2D eigenvalue weighted by atomic mass is 9.80. The van der Waals surface area contributed by atoms with Crippen molar-refractivity contribution in [3.8, 4) is 0 Å². The van der Waals surface area contributed by atoms with Gasteiger partial charge in [0, 0.05) is 19.8 Å². The Kier molecular flexibility index (Phi) is 5.90. The number of rotatable bonds is 7. The summed E-state index contributed by atoms with van der Waals surface area (Å²) in [7, 11) is -3.90. The van der Waals surface area contributed by atoms with Crippen LogP contribution in [0, 0.1) is 5.41 Å². The molecule has 0 aromatic heterocycles. The van der Waals surface area contributed by atoms with Crippen LogP contribution in [0.25, 0.3) is 0 Å². The monoisotopic (exact) mass is 309 g/mol. The van der Waals surface area contributed by atoms with Gasteiger partial charge in [-0.3, -0.25) is 9.59 Å². The number of carbonyl (C=O) groups excluding carboxylic acids is 1. The first kappa shape index (κ1) is 16.9. The Morgan fingerprint density at radius 2 is 1.95 bits per heavy atom. The van der Waals surface area contributed by atoms with E-state index in [0.717, 1.165) is 0 Å². The zero-order valence-electron chi connectivity index (χ0n) is 11.3. The minimum Gasteiger partial charge on any atom is -0.481 e. The number of sulfonamides is 1. The molecule has 0 aromatic carbocycles. The van der Waals surface area contributed by atoms with Crippen molar-refractivity contribution in [2.75, 3.05) is 32.1 Å². The summed E-state index contributed by atoms with van der Waals surface area (Å²) in [6.45, 7) is 1.94. The zero-order valence-corrected chi connectivity index (χ0v) is 12.1. The fourth-order valence-electron chi connectivity index (χ4n) is 1.89. The van der Waals surface area contributed by atoms with Crippen LogP contribution >= 0.6 is 0 Å². The molecule has 9 heteroatoms. The molecular formula is C11H19NO7S. The van der Waals surface area contributed by atoms with Gasteiger partial charge in [-0.15, -0.1) is 0 Å². The summed E-state index contributed by atoms with van der Waals surface area (Å²) in [6.07, 6.45) is 0.453. The topological polar surface area (TPSA) is 119 Å². The van der Waals surface area contributed by atoms with E-state index >= 15 is 0 Å². The van der Waals surface area contributed by atoms with E-state index in [4.69, 9.17) is 4.74 Å². The summed E-state index contributed by atoms with van der Waals surface area (Å²) in [6, 6.07) is 0. The van der Waals surface area contributed by atoms with Gasteiger partial charge in [0.1, 0.15) is 0 Å². The summed E-state index contributed by atoms with van der Waals surface area (Å²) in [5.74, 6) is -2.75. The summed E-state index contributed by atoms with van der Waals surface area (Å²) < 4.78 is 35.2. The molecule has 0 unspecified atom stereocenters. The van der Waals surface area contributed by atoms with Crippen molar-refractivity contribution in [3.63, 3.8) is 0 Å². The third-order valence-corrected chi connectivity index (χ3v) is 4.35. The second-order valence-electron chi connectivity index (χ2n) is 4.58. The van der Waals surface area contributed by atoms with Crippen molar-refractivity contribution >= 4 is 22.0 Å². The number of nitrogens with one attached hydrogen (secondary N) is 1. The van der Waals surface area contributed by atoms with Gasteiger partial charge in [0.25, 0.3) is 0 Å². The summed E-state index contributed by atoms with van der Waals surface area (Å²) >= 11 is 0. The summed E-state index contributed by atoms with van der Waals surface area (Å²) in [4.78, 5) is 22.5. The molecule has 0 spiro atoms. The third kappa shape index (κ3) is 4.73. The van der Waals surface area contributed by atoms with Crippen LogP contribution in [0.15, 0.2) is 0 Å². The van der Waals surface area contributed by atoms with Crippen LogP contribution in [0.5, 0.6) is 0 Å². The van der Waals surface area contributed by atoms with Crippen LogP contribution in [-0.4, -0.2) is 57.6 Å². The number of ether oxygens (including phenoxy) is 2. The molecule has 1 aliphatic rings. The van der Waals surface area contributed by atoms with E-state index < -0.39 is 33.1 Å². The van der Waals surface area contributed by atoms with Gasteiger partial charge >= 0.3 is 11.9 Å². The summed E-state index contributed by atoms with van der Waals surface area (Å²) in [5, 5.41) is 9.27. The fourth-order valence-corrected chi connectivity index (χ4v) is 2.88. The molecule has 0 aromatic rings. The lowest BCUT2D eigenvalue weighted by Crippen LogP contribution is -2.47. The number of hydrogen-bond donors (Lipinski definition) is 2. The lowest BCUT2D eigenvalue weighted by molar-refractivity contribution is -0.154.